The number of hydrogen-bond donors (Lipinski definition) is 1. The quantitative estimate of drug-likeness (QED) is 0.527. The first-order valence-corrected chi connectivity index (χ1v) is 9.47. The van der Waals surface area contributed by atoms with Crippen LogP contribution in [0.4, 0.5) is 4.79 Å². The second-order valence-electron chi connectivity index (χ2n) is 5.80. The fourth-order valence-electron chi connectivity index (χ4n) is 2.29. The van der Waals surface area contributed by atoms with E-state index < -0.39 is 5.25 Å². The number of amides is 1. The number of Topliss-reactive ketones (excluding diaryl/α,β-unsaturated/α-hetero) is 1. The van der Waals surface area contributed by atoms with E-state index >= 15 is 0 Å². The van der Waals surface area contributed by atoms with E-state index in [0.29, 0.717) is 17.9 Å². The standard InChI is InChI=1S/C20H22N2O4S/c1-3-14-6-9-18(22-11-14)19(24)13-26-16-7-4-15(5-8-16)10-17(12-23)27-20(25)21-2/h4-9,11-12,17H,3,10,13H2,1-2H3,(H,21,25). The maximum absolute atomic E-state index is 12.1. The summed E-state index contributed by atoms with van der Waals surface area (Å²) >= 11 is 0.957. The first kappa shape index (κ1) is 20.6. The number of aromatic nitrogens is 1. The minimum atomic E-state index is -0.449. The Morgan fingerprint density at radius 3 is 2.44 bits per heavy atom. The fraction of sp³-hybridized carbons (Fsp3) is 0.300. The van der Waals surface area contributed by atoms with Gasteiger partial charge in [-0.3, -0.25) is 14.6 Å². The van der Waals surface area contributed by atoms with Gasteiger partial charge in [-0.15, -0.1) is 0 Å². The van der Waals surface area contributed by atoms with Gasteiger partial charge in [-0.2, -0.15) is 0 Å². The van der Waals surface area contributed by atoms with Crippen molar-refractivity contribution in [3.05, 3.63) is 59.4 Å². The smallest absolute Gasteiger partial charge is 0.279 e. The minimum Gasteiger partial charge on any atom is -0.485 e. The van der Waals surface area contributed by atoms with E-state index in [9.17, 15) is 14.4 Å². The minimum absolute atomic E-state index is 0.0959. The second kappa shape index (κ2) is 10.5. The maximum Gasteiger partial charge on any atom is 0.279 e. The molecule has 7 heteroatoms. The van der Waals surface area contributed by atoms with Crippen LogP contribution >= 0.6 is 11.8 Å². The maximum atomic E-state index is 12.1. The molecule has 0 bridgehead atoms. The highest BCUT2D eigenvalue weighted by Crippen LogP contribution is 2.18. The van der Waals surface area contributed by atoms with Gasteiger partial charge in [-0.25, -0.2) is 0 Å². The van der Waals surface area contributed by atoms with E-state index in [1.165, 1.54) is 7.05 Å². The molecular formula is C20H22N2O4S. The first-order valence-electron chi connectivity index (χ1n) is 8.59. The van der Waals surface area contributed by atoms with Crippen molar-refractivity contribution in [2.45, 2.75) is 25.0 Å². The van der Waals surface area contributed by atoms with E-state index in [0.717, 1.165) is 35.6 Å². The largest absolute Gasteiger partial charge is 0.485 e. The summed E-state index contributed by atoms with van der Waals surface area (Å²) in [5.41, 5.74) is 2.36. The molecule has 0 spiro atoms. The molecule has 0 aliphatic rings. The summed E-state index contributed by atoms with van der Waals surface area (Å²) in [5.74, 6) is 0.364. The van der Waals surface area contributed by atoms with Crippen molar-refractivity contribution in [3.8, 4) is 5.75 Å². The summed E-state index contributed by atoms with van der Waals surface area (Å²) in [6.45, 7) is 1.93. The van der Waals surface area contributed by atoms with Gasteiger partial charge in [0.25, 0.3) is 5.24 Å². The molecule has 1 unspecified atom stereocenters. The highest BCUT2D eigenvalue weighted by Gasteiger charge is 2.14. The molecule has 1 aromatic heterocycles. The Bertz CT molecular complexity index is 776. The van der Waals surface area contributed by atoms with Crippen LogP contribution in [0.1, 0.15) is 28.5 Å². The number of hydrogen-bond acceptors (Lipinski definition) is 6. The normalized spacial score (nSPS) is 11.5. The first-order chi connectivity index (χ1) is 13.0. The van der Waals surface area contributed by atoms with Crippen LogP contribution in [-0.4, -0.2) is 41.2 Å². The van der Waals surface area contributed by atoms with Crippen molar-refractivity contribution in [2.75, 3.05) is 13.7 Å². The molecule has 6 nitrogen and oxygen atoms in total. The molecule has 1 atom stereocenters. The number of benzene rings is 1. The van der Waals surface area contributed by atoms with Gasteiger partial charge in [-0.05, 0) is 42.2 Å². The molecule has 0 fully saturated rings. The fourth-order valence-corrected chi connectivity index (χ4v) is 3.01. The summed E-state index contributed by atoms with van der Waals surface area (Å²) < 4.78 is 5.52. The lowest BCUT2D eigenvalue weighted by Gasteiger charge is -2.10. The Labute approximate surface area is 162 Å². The molecule has 1 N–H and O–H groups in total. The van der Waals surface area contributed by atoms with Crippen LogP contribution in [0.15, 0.2) is 42.6 Å². The molecule has 1 heterocycles. The highest BCUT2D eigenvalue weighted by atomic mass is 32.2. The molecule has 1 amide bonds. The van der Waals surface area contributed by atoms with E-state index in [-0.39, 0.29) is 17.6 Å². The molecule has 0 saturated heterocycles. The number of nitrogens with one attached hydrogen (secondary N) is 1. The second-order valence-corrected chi connectivity index (χ2v) is 7.01. The monoisotopic (exact) mass is 386 g/mol. The molecule has 2 rings (SSSR count). The highest BCUT2D eigenvalue weighted by molar-refractivity contribution is 8.14. The number of carbonyl (C=O) groups is 3. The number of thioether (sulfide) groups is 1. The van der Waals surface area contributed by atoms with E-state index in [4.69, 9.17) is 4.74 Å². The number of pyridine rings is 1. The van der Waals surface area contributed by atoms with Gasteiger partial charge in [0.2, 0.25) is 5.78 Å². The molecule has 0 aliphatic heterocycles. The van der Waals surface area contributed by atoms with Gasteiger partial charge in [0.1, 0.15) is 17.7 Å². The summed E-state index contributed by atoms with van der Waals surface area (Å²) in [6, 6.07) is 10.7. The molecule has 27 heavy (non-hydrogen) atoms. The molecule has 1 aromatic carbocycles. The Hall–Kier alpha value is -2.67. The van der Waals surface area contributed by atoms with Gasteiger partial charge in [0.05, 0.1) is 5.25 Å². The van der Waals surface area contributed by atoms with Crippen LogP contribution in [0.2, 0.25) is 0 Å². The molecule has 142 valence electrons. The number of aryl methyl sites for hydroxylation is 1. The molecule has 0 saturated carbocycles. The Morgan fingerprint density at radius 1 is 1.19 bits per heavy atom. The van der Waals surface area contributed by atoms with Gasteiger partial charge in [0, 0.05) is 13.2 Å². The third-order valence-corrected chi connectivity index (χ3v) is 4.86. The lowest BCUT2D eigenvalue weighted by atomic mass is 10.1. The van der Waals surface area contributed by atoms with Gasteiger partial charge < -0.3 is 14.8 Å². The van der Waals surface area contributed by atoms with E-state index in [1.807, 2.05) is 25.1 Å². The third-order valence-electron chi connectivity index (χ3n) is 3.86. The number of carbonyl (C=O) groups excluding carboxylic acids is 3. The van der Waals surface area contributed by atoms with Crippen molar-refractivity contribution in [1.29, 1.82) is 0 Å². The zero-order chi connectivity index (χ0) is 19.6. The van der Waals surface area contributed by atoms with E-state index in [1.54, 1.807) is 24.4 Å². The predicted octanol–water partition coefficient (Wildman–Crippen LogP) is 3.09. The van der Waals surface area contributed by atoms with Crippen molar-refractivity contribution in [2.24, 2.45) is 0 Å². The van der Waals surface area contributed by atoms with Gasteiger partial charge >= 0.3 is 0 Å². The Balaban J connectivity index is 1.88. The number of ether oxygens (including phenoxy) is 1. The van der Waals surface area contributed by atoms with Crippen molar-refractivity contribution < 1.29 is 19.1 Å². The predicted molar refractivity (Wildman–Crippen MR) is 105 cm³/mol. The van der Waals surface area contributed by atoms with Crippen LogP contribution < -0.4 is 10.1 Å². The number of ketones is 1. The van der Waals surface area contributed by atoms with Crippen molar-refractivity contribution in [1.82, 2.24) is 10.3 Å². The Morgan fingerprint density at radius 2 is 1.89 bits per heavy atom. The van der Waals surface area contributed by atoms with Crippen LogP contribution in [0.5, 0.6) is 5.75 Å². The summed E-state index contributed by atoms with van der Waals surface area (Å²) in [6.07, 6.45) is 3.77. The summed E-state index contributed by atoms with van der Waals surface area (Å²) in [7, 11) is 1.53. The van der Waals surface area contributed by atoms with Crippen LogP contribution in [0, 0.1) is 0 Å². The van der Waals surface area contributed by atoms with Crippen LogP contribution in [0.25, 0.3) is 0 Å². The van der Waals surface area contributed by atoms with Crippen molar-refractivity contribution in [3.63, 3.8) is 0 Å². The van der Waals surface area contributed by atoms with Crippen LogP contribution in [0.3, 0.4) is 0 Å². The Kier molecular flexibility index (Phi) is 8.00. The molecule has 2 aromatic rings. The SMILES string of the molecule is CCc1ccc(C(=O)COc2ccc(CC(C=O)SC(=O)NC)cc2)nc1. The molecule has 0 radical (unpaired) electrons. The number of aldehydes is 1. The summed E-state index contributed by atoms with van der Waals surface area (Å²) in [4.78, 5) is 38.8. The number of nitrogens with zero attached hydrogens (tertiary/aromatic N) is 1. The lowest BCUT2D eigenvalue weighted by Crippen LogP contribution is -2.19. The van der Waals surface area contributed by atoms with Crippen LogP contribution in [-0.2, 0) is 17.6 Å². The zero-order valence-corrected chi connectivity index (χ0v) is 16.1. The summed E-state index contributed by atoms with van der Waals surface area (Å²) in [5, 5.41) is 1.79. The topological polar surface area (TPSA) is 85.4 Å². The van der Waals surface area contributed by atoms with Crippen molar-refractivity contribution >= 4 is 29.1 Å². The molecule has 0 aliphatic carbocycles. The number of rotatable bonds is 9. The van der Waals surface area contributed by atoms with Gasteiger partial charge in [-0.1, -0.05) is 36.9 Å². The molecular weight excluding hydrogens is 364 g/mol. The lowest BCUT2D eigenvalue weighted by molar-refractivity contribution is -0.107. The van der Waals surface area contributed by atoms with Gasteiger partial charge in [0.15, 0.2) is 6.61 Å². The third kappa shape index (κ3) is 6.53. The average Bonchev–Trinajstić information content (AvgIpc) is 2.72. The average molecular weight is 386 g/mol. The zero-order valence-electron chi connectivity index (χ0n) is 15.3. The van der Waals surface area contributed by atoms with E-state index in [2.05, 4.69) is 10.3 Å².